The average molecular weight is 392 g/mol. The number of rotatable bonds is 6. The summed E-state index contributed by atoms with van der Waals surface area (Å²) < 4.78 is 21.5. The van der Waals surface area contributed by atoms with Crippen molar-refractivity contribution in [1.82, 2.24) is 9.80 Å². The lowest BCUT2D eigenvalue weighted by molar-refractivity contribution is -0.145. The Morgan fingerprint density at radius 2 is 1.61 bits per heavy atom. The highest BCUT2D eigenvalue weighted by atomic mass is 16.5. The van der Waals surface area contributed by atoms with Crippen molar-refractivity contribution in [3.63, 3.8) is 0 Å². The number of carbonyl (C=O) groups excluding carboxylic acids is 2. The van der Waals surface area contributed by atoms with Crippen molar-refractivity contribution in [3.05, 3.63) is 17.7 Å². The molecule has 8 nitrogen and oxygen atoms in total. The van der Waals surface area contributed by atoms with Crippen molar-refractivity contribution in [1.29, 1.82) is 0 Å². The molecule has 154 valence electrons. The molecule has 2 fully saturated rings. The Morgan fingerprint density at radius 3 is 2.11 bits per heavy atom. The van der Waals surface area contributed by atoms with E-state index in [9.17, 15) is 9.59 Å². The van der Waals surface area contributed by atoms with Gasteiger partial charge in [0.05, 0.1) is 27.8 Å². The Kier molecular flexibility index (Phi) is 6.61. The van der Waals surface area contributed by atoms with Gasteiger partial charge in [0, 0.05) is 32.8 Å². The number of nitrogens with zero attached hydrogens (tertiary/aromatic N) is 2. The smallest absolute Gasteiger partial charge is 0.251 e. The molecule has 1 aromatic rings. The highest BCUT2D eigenvalue weighted by molar-refractivity contribution is 5.82. The van der Waals surface area contributed by atoms with E-state index in [1.165, 1.54) is 0 Å². The van der Waals surface area contributed by atoms with Crippen molar-refractivity contribution in [3.8, 4) is 17.2 Å². The molecule has 2 heterocycles. The van der Waals surface area contributed by atoms with Gasteiger partial charge in [-0.25, -0.2) is 0 Å². The molecule has 3 rings (SSSR count). The molecule has 1 atom stereocenters. The number of ether oxygens (including phenoxy) is 4. The van der Waals surface area contributed by atoms with Crippen LogP contribution in [0.4, 0.5) is 0 Å². The zero-order valence-electron chi connectivity index (χ0n) is 16.7. The summed E-state index contributed by atoms with van der Waals surface area (Å²) in [7, 11) is 4.64. The molecule has 8 heteroatoms. The lowest BCUT2D eigenvalue weighted by atomic mass is 10.1. The Bertz CT molecular complexity index is 684. The second kappa shape index (κ2) is 9.14. The van der Waals surface area contributed by atoms with Crippen molar-refractivity contribution in [2.75, 3.05) is 54.1 Å². The maximum atomic E-state index is 12.7. The molecule has 0 spiro atoms. The fourth-order valence-corrected chi connectivity index (χ4v) is 3.68. The van der Waals surface area contributed by atoms with Gasteiger partial charge in [0.25, 0.3) is 5.91 Å². The number of hydrogen-bond acceptors (Lipinski definition) is 6. The van der Waals surface area contributed by atoms with Gasteiger partial charge in [-0.2, -0.15) is 0 Å². The first kappa shape index (κ1) is 20.3. The van der Waals surface area contributed by atoms with Gasteiger partial charge < -0.3 is 28.7 Å². The van der Waals surface area contributed by atoms with Crippen molar-refractivity contribution >= 4 is 11.8 Å². The predicted octanol–water partition coefficient (Wildman–Crippen LogP) is 1.10. The van der Waals surface area contributed by atoms with Gasteiger partial charge in [-0.05, 0) is 30.5 Å². The van der Waals surface area contributed by atoms with Crippen molar-refractivity contribution in [2.45, 2.75) is 25.4 Å². The van der Waals surface area contributed by atoms with Crippen LogP contribution < -0.4 is 14.2 Å². The van der Waals surface area contributed by atoms with Crippen LogP contribution in [0.5, 0.6) is 17.2 Å². The molecule has 0 saturated carbocycles. The molecule has 0 aromatic heterocycles. The summed E-state index contributed by atoms with van der Waals surface area (Å²) in [5, 5.41) is 0. The SMILES string of the molecule is COc1cc(CC(=O)N2CCN(C(=O)[C@H]3CCCO3)CC2)cc(OC)c1OC. The minimum absolute atomic E-state index is 0.0125. The van der Waals surface area contributed by atoms with Gasteiger partial charge in [0.2, 0.25) is 11.7 Å². The van der Waals surface area contributed by atoms with E-state index in [2.05, 4.69) is 0 Å². The highest BCUT2D eigenvalue weighted by Crippen LogP contribution is 2.38. The fraction of sp³-hybridized carbons (Fsp3) is 0.600. The maximum absolute atomic E-state index is 12.7. The summed E-state index contributed by atoms with van der Waals surface area (Å²) in [6.07, 6.45) is 1.65. The normalized spacial score (nSPS) is 19.5. The summed E-state index contributed by atoms with van der Waals surface area (Å²) >= 11 is 0. The average Bonchev–Trinajstić information content (AvgIpc) is 3.27. The third kappa shape index (κ3) is 4.32. The number of benzene rings is 1. The van der Waals surface area contributed by atoms with E-state index in [0.29, 0.717) is 50.0 Å². The highest BCUT2D eigenvalue weighted by Gasteiger charge is 2.31. The van der Waals surface area contributed by atoms with Crippen LogP contribution in [0.15, 0.2) is 12.1 Å². The monoisotopic (exact) mass is 392 g/mol. The number of amides is 2. The molecule has 28 heavy (non-hydrogen) atoms. The zero-order valence-corrected chi connectivity index (χ0v) is 16.7. The molecule has 0 bridgehead atoms. The van der Waals surface area contributed by atoms with Gasteiger partial charge in [-0.1, -0.05) is 0 Å². The molecule has 2 amide bonds. The number of methoxy groups -OCH3 is 3. The second-order valence-corrected chi connectivity index (χ2v) is 6.92. The van der Waals surface area contributed by atoms with Crippen LogP contribution in [0.2, 0.25) is 0 Å². The van der Waals surface area contributed by atoms with E-state index >= 15 is 0 Å². The molecule has 0 N–H and O–H groups in total. The number of carbonyl (C=O) groups is 2. The summed E-state index contributed by atoms with van der Waals surface area (Å²) in [5.41, 5.74) is 0.789. The van der Waals surface area contributed by atoms with Crippen molar-refractivity contribution in [2.24, 2.45) is 0 Å². The second-order valence-electron chi connectivity index (χ2n) is 6.92. The van der Waals surface area contributed by atoms with Gasteiger partial charge in [0.1, 0.15) is 6.10 Å². The van der Waals surface area contributed by atoms with Crippen LogP contribution >= 0.6 is 0 Å². The van der Waals surface area contributed by atoms with Crippen LogP contribution in [0.25, 0.3) is 0 Å². The van der Waals surface area contributed by atoms with Crippen molar-refractivity contribution < 1.29 is 28.5 Å². The molecule has 0 radical (unpaired) electrons. The fourth-order valence-electron chi connectivity index (χ4n) is 3.68. The van der Waals surface area contributed by atoms with E-state index in [0.717, 1.165) is 18.4 Å². The number of hydrogen-bond donors (Lipinski definition) is 0. The van der Waals surface area contributed by atoms with Gasteiger partial charge >= 0.3 is 0 Å². The number of piperazine rings is 1. The Morgan fingerprint density at radius 1 is 1.00 bits per heavy atom. The largest absolute Gasteiger partial charge is 0.493 e. The topological polar surface area (TPSA) is 77.5 Å². The zero-order chi connectivity index (χ0) is 20.1. The lowest BCUT2D eigenvalue weighted by Gasteiger charge is -2.35. The molecule has 0 unspecified atom stereocenters. The molecular weight excluding hydrogens is 364 g/mol. The van der Waals surface area contributed by atoms with Crippen LogP contribution in [0.3, 0.4) is 0 Å². The molecule has 2 aliphatic heterocycles. The van der Waals surface area contributed by atoms with Crippen LogP contribution in [-0.2, 0) is 20.7 Å². The minimum Gasteiger partial charge on any atom is -0.493 e. The molecule has 0 aliphatic carbocycles. The summed E-state index contributed by atoms with van der Waals surface area (Å²) in [5.74, 6) is 1.61. The van der Waals surface area contributed by atoms with E-state index in [4.69, 9.17) is 18.9 Å². The summed E-state index contributed by atoms with van der Waals surface area (Å²) in [4.78, 5) is 28.8. The van der Waals surface area contributed by atoms with E-state index in [1.54, 1.807) is 43.3 Å². The lowest BCUT2D eigenvalue weighted by Crippen LogP contribution is -2.53. The quantitative estimate of drug-likeness (QED) is 0.722. The Hall–Kier alpha value is -2.48. The van der Waals surface area contributed by atoms with Crippen LogP contribution in [0.1, 0.15) is 18.4 Å². The van der Waals surface area contributed by atoms with Gasteiger partial charge in [0.15, 0.2) is 11.5 Å². The standard InChI is InChI=1S/C20H28N2O6/c1-25-16-11-14(12-17(26-2)19(16)27-3)13-18(23)21-6-8-22(9-7-21)20(24)15-5-4-10-28-15/h11-12,15H,4-10,13H2,1-3H3/t15-/m1/s1. The van der Waals surface area contributed by atoms with E-state index < -0.39 is 0 Å². The maximum Gasteiger partial charge on any atom is 0.251 e. The summed E-state index contributed by atoms with van der Waals surface area (Å²) in [6, 6.07) is 3.58. The Labute approximate surface area is 165 Å². The minimum atomic E-state index is -0.304. The summed E-state index contributed by atoms with van der Waals surface area (Å²) in [6.45, 7) is 2.80. The molecular formula is C20H28N2O6. The molecule has 2 aliphatic rings. The van der Waals surface area contributed by atoms with Crippen LogP contribution in [0, 0.1) is 0 Å². The molecule has 2 saturated heterocycles. The molecule has 1 aromatic carbocycles. The first-order valence-corrected chi connectivity index (χ1v) is 9.54. The Balaban J connectivity index is 1.59. The first-order valence-electron chi connectivity index (χ1n) is 9.54. The van der Waals surface area contributed by atoms with Crippen LogP contribution in [-0.4, -0.2) is 81.8 Å². The third-order valence-corrected chi connectivity index (χ3v) is 5.23. The van der Waals surface area contributed by atoms with Gasteiger partial charge in [-0.3, -0.25) is 9.59 Å². The van der Waals surface area contributed by atoms with Gasteiger partial charge in [-0.15, -0.1) is 0 Å². The predicted molar refractivity (Wildman–Crippen MR) is 102 cm³/mol. The third-order valence-electron chi connectivity index (χ3n) is 5.23. The van der Waals surface area contributed by atoms with E-state index in [-0.39, 0.29) is 24.3 Å². The van der Waals surface area contributed by atoms with E-state index in [1.807, 2.05) is 0 Å². The first-order chi connectivity index (χ1) is 13.6.